The van der Waals surface area contributed by atoms with E-state index in [9.17, 15) is 8.78 Å². The summed E-state index contributed by atoms with van der Waals surface area (Å²) in [6.07, 6.45) is 2.81. The topological polar surface area (TPSA) is 21.6 Å². The van der Waals surface area contributed by atoms with Gasteiger partial charge in [-0.25, -0.2) is 0 Å². The predicted molar refractivity (Wildman–Crippen MR) is 93.5 cm³/mol. The molecule has 1 saturated carbocycles. The Bertz CT molecular complexity index is 895. The summed E-state index contributed by atoms with van der Waals surface area (Å²) >= 11 is 6.21. The Labute approximate surface area is 149 Å². The Morgan fingerprint density at radius 1 is 1.20 bits per heavy atom. The highest BCUT2D eigenvalue weighted by molar-refractivity contribution is 6.30. The summed E-state index contributed by atoms with van der Waals surface area (Å²) in [7, 11) is 0. The van der Waals surface area contributed by atoms with Crippen LogP contribution in [0.2, 0.25) is 5.02 Å². The van der Waals surface area contributed by atoms with Crippen LogP contribution < -0.4 is 4.74 Å². The molecule has 2 aromatic rings. The van der Waals surface area contributed by atoms with Gasteiger partial charge in [0.05, 0.1) is 5.69 Å². The van der Waals surface area contributed by atoms with Crippen molar-refractivity contribution in [1.82, 2.24) is 0 Å². The molecule has 3 atom stereocenters. The fraction of sp³-hybridized carbons (Fsp3) is 0.350. The molecule has 5 rings (SSSR count). The van der Waals surface area contributed by atoms with Gasteiger partial charge in [-0.05, 0) is 60.6 Å². The van der Waals surface area contributed by atoms with E-state index in [4.69, 9.17) is 21.3 Å². The van der Waals surface area contributed by atoms with Crippen molar-refractivity contribution in [2.75, 3.05) is 0 Å². The van der Waals surface area contributed by atoms with E-state index in [1.807, 2.05) is 30.3 Å². The second kappa shape index (κ2) is 5.53. The van der Waals surface area contributed by atoms with Crippen LogP contribution >= 0.6 is 11.6 Å². The number of hydrogen-bond acceptors (Lipinski definition) is 2. The summed E-state index contributed by atoms with van der Waals surface area (Å²) in [4.78, 5) is 4.87. The molecule has 1 heterocycles. The van der Waals surface area contributed by atoms with Crippen molar-refractivity contribution < 1.29 is 13.5 Å². The molecule has 0 radical (unpaired) electrons. The van der Waals surface area contributed by atoms with Gasteiger partial charge in [0.1, 0.15) is 5.75 Å². The van der Waals surface area contributed by atoms with Crippen molar-refractivity contribution in [2.24, 2.45) is 10.9 Å². The fourth-order valence-electron chi connectivity index (χ4n) is 4.88. The number of fused-ring (bicyclic) bond motifs is 9. The summed E-state index contributed by atoms with van der Waals surface area (Å²) in [6.45, 7) is -2.81. The first-order chi connectivity index (χ1) is 12.1. The molecule has 1 aliphatic heterocycles. The molecule has 2 nitrogen and oxygen atoms in total. The Kier molecular flexibility index (Phi) is 3.39. The molecule has 0 amide bonds. The first-order valence-electron chi connectivity index (χ1n) is 8.56. The van der Waals surface area contributed by atoms with Crippen LogP contribution in [0.5, 0.6) is 5.75 Å². The first-order valence-corrected chi connectivity index (χ1v) is 8.94. The van der Waals surface area contributed by atoms with E-state index in [-0.39, 0.29) is 11.8 Å². The fourth-order valence-corrected chi connectivity index (χ4v) is 5.06. The van der Waals surface area contributed by atoms with Crippen molar-refractivity contribution in [1.29, 1.82) is 0 Å². The van der Waals surface area contributed by atoms with Crippen LogP contribution in [-0.4, -0.2) is 12.3 Å². The van der Waals surface area contributed by atoms with Crippen LogP contribution in [0.1, 0.15) is 41.4 Å². The maximum Gasteiger partial charge on any atom is 0.387 e. The van der Waals surface area contributed by atoms with Gasteiger partial charge in [-0.3, -0.25) is 4.99 Å². The molecular weight excluding hydrogens is 344 g/mol. The van der Waals surface area contributed by atoms with Crippen molar-refractivity contribution in [3.05, 3.63) is 58.1 Å². The number of nitrogens with zero attached hydrogens (tertiary/aromatic N) is 1. The molecule has 25 heavy (non-hydrogen) atoms. The summed E-state index contributed by atoms with van der Waals surface area (Å²) in [6, 6.07) is 11.3. The van der Waals surface area contributed by atoms with E-state index in [2.05, 4.69) is 0 Å². The molecule has 128 valence electrons. The Morgan fingerprint density at radius 3 is 2.92 bits per heavy atom. The molecule has 0 spiro atoms. The number of alkyl halides is 2. The third kappa shape index (κ3) is 2.30. The van der Waals surface area contributed by atoms with Gasteiger partial charge in [-0.2, -0.15) is 8.78 Å². The molecule has 0 aromatic heterocycles. The molecule has 0 N–H and O–H groups in total. The number of rotatable bonds is 2. The maximum absolute atomic E-state index is 12.9. The lowest BCUT2D eigenvalue weighted by Gasteiger charge is -2.24. The monoisotopic (exact) mass is 359 g/mol. The van der Waals surface area contributed by atoms with Gasteiger partial charge in [0.15, 0.2) is 0 Å². The number of ether oxygens (including phenoxy) is 1. The lowest BCUT2D eigenvalue weighted by Crippen LogP contribution is -2.16. The van der Waals surface area contributed by atoms with Gasteiger partial charge in [0, 0.05) is 28.1 Å². The van der Waals surface area contributed by atoms with E-state index >= 15 is 0 Å². The second-order valence-electron chi connectivity index (χ2n) is 7.00. The molecule has 0 saturated heterocycles. The largest absolute Gasteiger partial charge is 0.435 e. The predicted octanol–water partition coefficient (Wildman–Crippen LogP) is 5.86. The molecular formula is C20H16ClF2NO. The number of benzene rings is 2. The average molecular weight is 360 g/mol. The van der Waals surface area contributed by atoms with Crippen LogP contribution in [0.25, 0.3) is 0 Å². The van der Waals surface area contributed by atoms with Gasteiger partial charge in [-0.15, -0.1) is 0 Å². The van der Waals surface area contributed by atoms with E-state index in [0.717, 1.165) is 41.6 Å². The number of aliphatic imine (C=N–C) groups is 1. The smallest absolute Gasteiger partial charge is 0.387 e. The van der Waals surface area contributed by atoms with Gasteiger partial charge in [0.25, 0.3) is 0 Å². The molecule has 1 fully saturated rings. The Balaban J connectivity index is 1.67. The van der Waals surface area contributed by atoms with E-state index in [1.165, 1.54) is 5.71 Å². The highest BCUT2D eigenvalue weighted by atomic mass is 35.5. The minimum absolute atomic E-state index is 0.121. The van der Waals surface area contributed by atoms with Crippen molar-refractivity contribution in [2.45, 2.75) is 37.7 Å². The summed E-state index contributed by atoms with van der Waals surface area (Å²) in [5.41, 5.74) is 5.35. The van der Waals surface area contributed by atoms with Crippen molar-refractivity contribution in [3.63, 3.8) is 0 Å². The SMILES string of the molecule is FC(F)Oc1cccc2c1C1CC(CC2)C2=Nc3ccc(Cl)cc3C21. The number of hydrogen-bond donors (Lipinski definition) is 0. The zero-order valence-corrected chi connectivity index (χ0v) is 14.1. The van der Waals surface area contributed by atoms with Crippen LogP contribution in [0.4, 0.5) is 14.5 Å². The molecule has 3 unspecified atom stereocenters. The summed E-state index contributed by atoms with van der Waals surface area (Å²) < 4.78 is 30.7. The van der Waals surface area contributed by atoms with E-state index in [0.29, 0.717) is 16.7 Å². The highest BCUT2D eigenvalue weighted by Gasteiger charge is 2.48. The lowest BCUT2D eigenvalue weighted by molar-refractivity contribution is -0.0506. The summed E-state index contributed by atoms with van der Waals surface area (Å²) in [5, 5.41) is 0.687. The van der Waals surface area contributed by atoms with Gasteiger partial charge >= 0.3 is 6.61 Å². The van der Waals surface area contributed by atoms with Crippen LogP contribution in [0, 0.1) is 5.92 Å². The van der Waals surface area contributed by atoms with Gasteiger partial charge in [-0.1, -0.05) is 23.7 Å². The Hall–Kier alpha value is -1.94. The average Bonchev–Trinajstić information content (AvgIpc) is 3.02. The van der Waals surface area contributed by atoms with Crippen molar-refractivity contribution in [3.8, 4) is 5.75 Å². The molecule has 2 aromatic carbocycles. The maximum atomic E-state index is 12.9. The van der Waals surface area contributed by atoms with Crippen LogP contribution in [0.3, 0.4) is 0 Å². The zero-order chi connectivity index (χ0) is 17.1. The third-order valence-corrected chi connectivity index (χ3v) is 5.99. The normalized spacial score (nSPS) is 25.9. The minimum Gasteiger partial charge on any atom is -0.435 e. The third-order valence-electron chi connectivity index (χ3n) is 5.76. The standard InChI is InChI=1S/C20H16ClF2NO/c21-12-6-7-15-13(9-12)18-14-8-11(19(18)24-15)5-4-10-2-1-3-16(17(10)14)25-20(22)23/h1-3,6-7,9,11,14,18,20H,4-5,8H2. The lowest BCUT2D eigenvalue weighted by atomic mass is 9.80. The molecule has 2 bridgehead atoms. The molecule has 5 heteroatoms. The minimum atomic E-state index is -2.81. The Morgan fingerprint density at radius 2 is 2.08 bits per heavy atom. The zero-order valence-electron chi connectivity index (χ0n) is 13.4. The van der Waals surface area contributed by atoms with E-state index in [1.54, 1.807) is 6.07 Å². The quantitative estimate of drug-likeness (QED) is 0.658. The molecule has 2 aliphatic carbocycles. The van der Waals surface area contributed by atoms with Gasteiger partial charge in [0.2, 0.25) is 0 Å². The van der Waals surface area contributed by atoms with E-state index < -0.39 is 6.61 Å². The van der Waals surface area contributed by atoms with Crippen molar-refractivity contribution >= 4 is 23.0 Å². The number of halogens is 3. The van der Waals surface area contributed by atoms with Crippen LogP contribution in [-0.2, 0) is 6.42 Å². The second-order valence-corrected chi connectivity index (χ2v) is 7.44. The van der Waals surface area contributed by atoms with Crippen LogP contribution in [0.15, 0.2) is 41.4 Å². The molecule has 3 aliphatic rings. The van der Waals surface area contributed by atoms with Gasteiger partial charge < -0.3 is 4.74 Å². The highest BCUT2D eigenvalue weighted by Crippen LogP contribution is 2.58. The first kappa shape index (κ1) is 15.3. The number of aryl methyl sites for hydroxylation is 1. The summed E-state index contributed by atoms with van der Waals surface area (Å²) in [5.74, 6) is 0.957.